The number of rotatable bonds is 3. The van der Waals surface area contributed by atoms with Gasteiger partial charge >= 0.3 is 5.69 Å². The van der Waals surface area contributed by atoms with Gasteiger partial charge in [-0.15, -0.1) is 4.91 Å². The van der Waals surface area contributed by atoms with Crippen LogP contribution in [0.3, 0.4) is 0 Å². The average molecular weight is 199 g/mol. The molecular weight excluding hydrogens is 194 g/mol. The predicted molar refractivity (Wildman–Crippen MR) is 46.5 cm³/mol. The number of aromatic nitrogens is 2. The molecule has 9 heteroatoms. The molecular formula is C5H5N5O4. The highest BCUT2D eigenvalue weighted by atomic mass is 16.4. The van der Waals surface area contributed by atoms with Crippen molar-refractivity contribution in [2.24, 2.45) is 10.4 Å². The zero-order valence-electron chi connectivity index (χ0n) is 6.64. The first-order chi connectivity index (χ1) is 6.69. The maximum absolute atomic E-state index is 11.0. The number of nitrogens with one attached hydrogen (secondary N) is 3. The molecule has 0 fully saturated rings. The van der Waals surface area contributed by atoms with E-state index >= 15 is 0 Å². The van der Waals surface area contributed by atoms with E-state index in [0.717, 1.165) is 6.21 Å². The molecule has 0 saturated heterocycles. The summed E-state index contributed by atoms with van der Waals surface area (Å²) in [7, 11) is 0. The lowest BCUT2D eigenvalue weighted by Crippen LogP contribution is -2.26. The highest BCUT2D eigenvalue weighted by Crippen LogP contribution is 2.00. The summed E-state index contributed by atoms with van der Waals surface area (Å²) in [5.41, 5.74) is -0.285. The fraction of sp³-hybridized carbons (Fsp3) is 0. The highest BCUT2D eigenvalue weighted by Gasteiger charge is 2.06. The van der Waals surface area contributed by atoms with Crippen LogP contribution in [0.1, 0.15) is 5.69 Å². The van der Waals surface area contributed by atoms with Crippen molar-refractivity contribution in [2.45, 2.75) is 0 Å². The van der Waals surface area contributed by atoms with Gasteiger partial charge in [-0.05, 0) is 0 Å². The number of hydrogen-bond acceptors (Lipinski definition) is 6. The Balaban J connectivity index is 3.43. The summed E-state index contributed by atoms with van der Waals surface area (Å²) < 4.78 is 0. The van der Waals surface area contributed by atoms with Crippen molar-refractivity contribution in [1.82, 2.24) is 9.97 Å². The van der Waals surface area contributed by atoms with Crippen LogP contribution in [0, 0.1) is 4.91 Å². The first-order valence-corrected chi connectivity index (χ1v) is 3.31. The molecule has 14 heavy (non-hydrogen) atoms. The Labute approximate surface area is 75.4 Å². The SMILES string of the molecule is O=NNc1c(/C=N/O)[nH]c(=O)[nH]c1=O. The summed E-state index contributed by atoms with van der Waals surface area (Å²) in [4.78, 5) is 35.6. The summed E-state index contributed by atoms with van der Waals surface area (Å²) in [6, 6.07) is 0. The third kappa shape index (κ3) is 1.83. The largest absolute Gasteiger partial charge is 0.411 e. The minimum Gasteiger partial charge on any atom is -0.411 e. The number of nitroso groups, excluding NO2 is 1. The molecule has 0 aliphatic heterocycles. The van der Waals surface area contributed by atoms with Crippen LogP contribution in [0.5, 0.6) is 0 Å². The minimum absolute atomic E-state index is 0.152. The number of anilines is 1. The van der Waals surface area contributed by atoms with Crippen molar-refractivity contribution < 1.29 is 5.21 Å². The summed E-state index contributed by atoms with van der Waals surface area (Å²) >= 11 is 0. The van der Waals surface area contributed by atoms with Gasteiger partial charge in [0.25, 0.3) is 5.56 Å². The van der Waals surface area contributed by atoms with Crippen LogP contribution in [-0.4, -0.2) is 21.4 Å². The lowest BCUT2D eigenvalue weighted by atomic mass is 10.4. The van der Waals surface area contributed by atoms with E-state index in [-0.39, 0.29) is 11.4 Å². The molecule has 1 rings (SSSR count). The van der Waals surface area contributed by atoms with Crippen molar-refractivity contribution in [3.63, 3.8) is 0 Å². The van der Waals surface area contributed by atoms with Crippen molar-refractivity contribution in [3.05, 3.63) is 31.4 Å². The Morgan fingerprint density at radius 3 is 2.64 bits per heavy atom. The molecule has 1 heterocycles. The maximum Gasteiger partial charge on any atom is 0.326 e. The second-order valence-corrected chi connectivity index (χ2v) is 2.14. The molecule has 0 amide bonds. The molecule has 0 spiro atoms. The molecule has 0 aliphatic carbocycles. The van der Waals surface area contributed by atoms with E-state index in [9.17, 15) is 14.5 Å². The third-order valence-electron chi connectivity index (χ3n) is 1.32. The highest BCUT2D eigenvalue weighted by molar-refractivity contribution is 5.83. The van der Waals surface area contributed by atoms with E-state index < -0.39 is 11.2 Å². The summed E-state index contributed by atoms with van der Waals surface area (Å²) in [5.74, 6) is 0. The molecule has 0 radical (unpaired) electrons. The van der Waals surface area contributed by atoms with E-state index in [1.807, 2.05) is 10.4 Å². The Kier molecular flexibility index (Phi) is 2.74. The molecule has 1 aromatic heterocycles. The average Bonchev–Trinajstić information content (AvgIpc) is 2.11. The Hall–Kier alpha value is -2.45. The number of nitrogens with zero attached hydrogens (tertiary/aromatic N) is 2. The molecule has 0 aromatic carbocycles. The van der Waals surface area contributed by atoms with Gasteiger partial charge in [-0.2, -0.15) is 0 Å². The second-order valence-electron chi connectivity index (χ2n) is 2.14. The zero-order chi connectivity index (χ0) is 10.6. The van der Waals surface area contributed by atoms with Crippen LogP contribution in [0.25, 0.3) is 0 Å². The third-order valence-corrected chi connectivity index (χ3v) is 1.32. The maximum atomic E-state index is 11.0. The number of hydrogen-bond donors (Lipinski definition) is 4. The standard InChI is InChI=1S/C5H5N5O4/c11-4-3(9-10-14)2(1-6-13)7-5(12)8-4/h1,13H,(H,9,14)(H2,7,8,11,12)/b6-1+. The van der Waals surface area contributed by atoms with Crippen LogP contribution < -0.4 is 16.7 Å². The van der Waals surface area contributed by atoms with Gasteiger partial charge in [0.2, 0.25) is 0 Å². The first kappa shape index (κ1) is 9.64. The molecule has 1 aromatic rings. The van der Waals surface area contributed by atoms with Crippen LogP contribution >= 0.6 is 0 Å². The fourth-order valence-corrected chi connectivity index (χ4v) is 0.815. The van der Waals surface area contributed by atoms with Gasteiger partial charge in [-0.3, -0.25) is 9.78 Å². The second kappa shape index (κ2) is 3.98. The van der Waals surface area contributed by atoms with Gasteiger partial charge < -0.3 is 10.2 Å². The van der Waals surface area contributed by atoms with Gasteiger partial charge in [0, 0.05) is 0 Å². The zero-order valence-corrected chi connectivity index (χ0v) is 6.64. The van der Waals surface area contributed by atoms with Gasteiger partial charge in [-0.25, -0.2) is 10.2 Å². The summed E-state index contributed by atoms with van der Waals surface area (Å²) in [6.07, 6.45) is 0.782. The smallest absolute Gasteiger partial charge is 0.326 e. The monoisotopic (exact) mass is 199 g/mol. The van der Waals surface area contributed by atoms with Crippen molar-refractivity contribution >= 4 is 11.9 Å². The van der Waals surface area contributed by atoms with Gasteiger partial charge in [0.1, 0.15) is 5.69 Å². The van der Waals surface area contributed by atoms with E-state index in [1.54, 1.807) is 0 Å². The van der Waals surface area contributed by atoms with Gasteiger partial charge in [-0.1, -0.05) is 5.16 Å². The van der Waals surface area contributed by atoms with Gasteiger partial charge in [0.15, 0.2) is 0 Å². The van der Waals surface area contributed by atoms with Crippen LogP contribution in [-0.2, 0) is 0 Å². The lowest BCUT2D eigenvalue weighted by molar-refractivity contribution is 0.321. The topological polar surface area (TPSA) is 140 Å². The van der Waals surface area contributed by atoms with Crippen LogP contribution in [0.4, 0.5) is 5.69 Å². The fourth-order valence-electron chi connectivity index (χ4n) is 0.815. The lowest BCUT2D eigenvalue weighted by Gasteiger charge is -1.98. The molecule has 0 bridgehead atoms. The molecule has 0 unspecified atom stereocenters. The van der Waals surface area contributed by atoms with Crippen LogP contribution in [0.15, 0.2) is 20.0 Å². The normalized spacial score (nSPS) is 10.3. The molecule has 0 atom stereocenters. The number of aromatic amines is 2. The van der Waals surface area contributed by atoms with Crippen molar-refractivity contribution in [2.75, 3.05) is 5.43 Å². The molecule has 74 valence electrons. The molecule has 0 aliphatic rings. The van der Waals surface area contributed by atoms with Crippen molar-refractivity contribution in [1.29, 1.82) is 0 Å². The first-order valence-electron chi connectivity index (χ1n) is 3.31. The van der Waals surface area contributed by atoms with Gasteiger partial charge in [0.05, 0.1) is 17.2 Å². The number of H-pyrrole nitrogens is 2. The van der Waals surface area contributed by atoms with E-state index in [0.29, 0.717) is 0 Å². The van der Waals surface area contributed by atoms with Crippen molar-refractivity contribution in [3.8, 4) is 0 Å². The Bertz CT molecular complexity index is 472. The van der Waals surface area contributed by atoms with E-state index in [1.165, 1.54) is 0 Å². The summed E-state index contributed by atoms with van der Waals surface area (Å²) in [5, 5.41) is 13.0. The van der Waals surface area contributed by atoms with E-state index in [2.05, 4.69) is 15.4 Å². The quantitative estimate of drug-likeness (QED) is 0.213. The molecule has 0 saturated carbocycles. The Morgan fingerprint density at radius 2 is 2.07 bits per heavy atom. The molecule has 4 N–H and O–H groups in total. The van der Waals surface area contributed by atoms with Crippen LogP contribution in [0.2, 0.25) is 0 Å². The predicted octanol–water partition coefficient (Wildman–Crippen LogP) is -1.04. The Morgan fingerprint density at radius 1 is 1.36 bits per heavy atom. The summed E-state index contributed by atoms with van der Waals surface area (Å²) in [6.45, 7) is 0. The number of oxime groups is 1. The molecule has 9 nitrogen and oxygen atoms in total. The minimum atomic E-state index is -0.844. The van der Waals surface area contributed by atoms with E-state index in [4.69, 9.17) is 5.21 Å².